The van der Waals surface area contributed by atoms with E-state index in [-0.39, 0.29) is 6.29 Å². The fraction of sp³-hybridized carbons (Fsp3) is 1.00. The van der Waals surface area contributed by atoms with Crippen molar-refractivity contribution in [2.45, 2.75) is 32.5 Å². The molecule has 0 aromatic heterocycles. The molecule has 2 nitrogen and oxygen atoms in total. The van der Waals surface area contributed by atoms with Crippen LogP contribution in [0.3, 0.4) is 0 Å². The summed E-state index contributed by atoms with van der Waals surface area (Å²) in [6.45, 7) is 4.06. The van der Waals surface area contributed by atoms with Crippen LogP contribution in [0.4, 0.5) is 0 Å². The molecule has 0 amide bonds. The van der Waals surface area contributed by atoms with E-state index in [1.807, 2.05) is 0 Å². The average molecular weight is 156 g/mol. The number of fused-ring (bicyclic) bond motifs is 1. The van der Waals surface area contributed by atoms with Crippen molar-refractivity contribution in [1.82, 2.24) is 0 Å². The predicted octanol–water partition coefficient (Wildman–Crippen LogP) is 1.80. The highest BCUT2D eigenvalue weighted by molar-refractivity contribution is 4.80. The Kier molecular flexibility index (Phi) is 2.14. The van der Waals surface area contributed by atoms with E-state index in [0.29, 0.717) is 5.92 Å². The van der Waals surface area contributed by atoms with Crippen molar-refractivity contribution in [1.29, 1.82) is 0 Å². The van der Waals surface area contributed by atoms with Gasteiger partial charge in [-0.25, -0.2) is 0 Å². The molecule has 0 radical (unpaired) electrons. The normalized spacial score (nSPS) is 43.9. The summed E-state index contributed by atoms with van der Waals surface area (Å²) in [6, 6.07) is 0. The maximum Gasteiger partial charge on any atom is 0.160 e. The van der Waals surface area contributed by atoms with Gasteiger partial charge in [0.2, 0.25) is 0 Å². The summed E-state index contributed by atoms with van der Waals surface area (Å²) in [7, 11) is 0. The maximum atomic E-state index is 5.54. The lowest BCUT2D eigenvalue weighted by molar-refractivity contribution is -0.151. The van der Waals surface area contributed by atoms with Crippen molar-refractivity contribution in [3.05, 3.63) is 0 Å². The van der Waals surface area contributed by atoms with E-state index in [4.69, 9.17) is 9.47 Å². The Morgan fingerprint density at radius 1 is 1.36 bits per heavy atom. The Balaban J connectivity index is 1.98. The van der Waals surface area contributed by atoms with E-state index in [0.717, 1.165) is 19.1 Å². The first-order valence-corrected chi connectivity index (χ1v) is 4.65. The van der Waals surface area contributed by atoms with Crippen LogP contribution >= 0.6 is 0 Å². The fourth-order valence-corrected chi connectivity index (χ4v) is 2.17. The summed E-state index contributed by atoms with van der Waals surface area (Å²) >= 11 is 0. The predicted molar refractivity (Wildman–Crippen MR) is 42.2 cm³/mol. The SMILES string of the molecule is CCC1CO[C@@H]2OCCC[C@H]12. The Hall–Kier alpha value is -0.0800. The van der Waals surface area contributed by atoms with Crippen LogP contribution in [0, 0.1) is 11.8 Å². The Bertz CT molecular complexity index is 130. The van der Waals surface area contributed by atoms with Crippen LogP contribution in [0.1, 0.15) is 26.2 Å². The molecule has 2 aliphatic rings. The number of rotatable bonds is 1. The van der Waals surface area contributed by atoms with Gasteiger partial charge in [-0.3, -0.25) is 0 Å². The highest BCUT2D eigenvalue weighted by atomic mass is 16.7. The fourth-order valence-electron chi connectivity index (χ4n) is 2.17. The van der Waals surface area contributed by atoms with E-state index < -0.39 is 0 Å². The van der Waals surface area contributed by atoms with Crippen molar-refractivity contribution in [2.24, 2.45) is 11.8 Å². The zero-order valence-electron chi connectivity index (χ0n) is 7.08. The van der Waals surface area contributed by atoms with Crippen LogP contribution in [0.15, 0.2) is 0 Å². The summed E-state index contributed by atoms with van der Waals surface area (Å²) in [5, 5.41) is 0. The molecule has 2 heterocycles. The molecule has 0 saturated carbocycles. The van der Waals surface area contributed by atoms with E-state index >= 15 is 0 Å². The number of hydrogen-bond acceptors (Lipinski definition) is 2. The van der Waals surface area contributed by atoms with E-state index in [1.54, 1.807) is 0 Å². The molecule has 64 valence electrons. The molecule has 11 heavy (non-hydrogen) atoms. The zero-order valence-corrected chi connectivity index (χ0v) is 7.08. The Morgan fingerprint density at radius 2 is 2.27 bits per heavy atom. The van der Waals surface area contributed by atoms with Gasteiger partial charge in [0.25, 0.3) is 0 Å². The van der Waals surface area contributed by atoms with Crippen LogP contribution in [0.25, 0.3) is 0 Å². The van der Waals surface area contributed by atoms with Crippen molar-refractivity contribution in [3.8, 4) is 0 Å². The van der Waals surface area contributed by atoms with Crippen LogP contribution in [-0.2, 0) is 9.47 Å². The first-order chi connectivity index (χ1) is 5.42. The third-order valence-electron chi connectivity index (χ3n) is 2.92. The second-order valence-corrected chi connectivity index (χ2v) is 3.55. The van der Waals surface area contributed by atoms with Gasteiger partial charge in [0, 0.05) is 12.5 Å². The topological polar surface area (TPSA) is 18.5 Å². The van der Waals surface area contributed by atoms with Crippen LogP contribution in [0.2, 0.25) is 0 Å². The Morgan fingerprint density at radius 3 is 3.09 bits per heavy atom. The van der Waals surface area contributed by atoms with Gasteiger partial charge in [0.1, 0.15) is 0 Å². The molecular formula is C9H16O2. The molecule has 2 aliphatic heterocycles. The molecule has 0 spiro atoms. The third-order valence-corrected chi connectivity index (χ3v) is 2.92. The van der Waals surface area contributed by atoms with Gasteiger partial charge in [0.15, 0.2) is 6.29 Å². The highest BCUT2D eigenvalue weighted by Gasteiger charge is 2.38. The third kappa shape index (κ3) is 1.30. The van der Waals surface area contributed by atoms with Crippen molar-refractivity contribution >= 4 is 0 Å². The largest absolute Gasteiger partial charge is 0.352 e. The highest BCUT2D eigenvalue weighted by Crippen LogP contribution is 2.36. The monoisotopic (exact) mass is 156 g/mol. The smallest absolute Gasteiger partial charge is 0.160 e. The van der Waals surface area contributed by atoms with Gasteiger partial charge in [-0.2, -0.15) is 0 Å². The summed E-state index contributed by atoms with van der Waals surface area (Å²) in [6.07, 6.45) is 3.92. The van der Waals surface area contributed by atoms with Crippen molar-refractivity contribution in [3.63, 3.8) is 0 Å². The standard InChI is InChI=1S/C9H16O2/c1-2-7-6-11-9-8(7)4-3-5-10-9/h7-9H,2-6H2,1H3/t7?,8-,9+/m1/s1. The maximum absolute atomic E-state index is 5.54. The van der Waals surface area contributed by atoms with E-state index in [2.05, 4.69) is 6.92 Å². The lowest BCUT2D eigenvalue weighted by Crippen LogP contribution is -2.28. The summed E-state index contributed by atoms with van der Waals surface area (Å²) in [5.74, 6) is 1.47. The second kappa shape index (κ2) is 3.11. The van der Waals surface area contributed by atoms with Gasteiger partial charge in [-0.15, -0.1) is 0 Å². The molecule has 2 fully saturated rings. The molecule has 0 N–H and O–H groups in total. The summed E-state index contributed by atoms with van der Waals surface area (Å²) in [4.78, 5) is 0. The minimum absolute atomic E-state index is 0.147. The van der Waals surface area contributed by atoms with Crippen LogP contribution < -0.4 is 0 Å². The summed E-state index contributed by atoms with van der Waals surface area (Å²) in [5.41, 5.74) is 0. The minimum Gasteiger partial charge on any atom is -0.352 e. The molecule has 0 aromatic carbocycles. The van der Waals surface area contributed by atoms with Gasteiger partial charge in [-0.05, 0) is 18.8 Å². The number of ether oxygens (including phenoxy) is 2. The number of hydrogen-bond donors (Lipinski definition) is 0. The van der Waals surface area contributed by atoms with Gasteiger partial charge < -0.3 is 9.47 Å². The molecule has 0 bridgehead atoms. The van der Waals surface area contributed by atoms with E-state index in [9.17, 15) is 0 Å². The minimum atomic E-state index is 0.147. The van der Waals surface area contributed by atoms with Crippen LogP contribution in [0.5, 0.6) is 0 Å². The molecule has 1 unspecified atom stereocenters. The quantitative estimate of drug-likeness (QED) is 0.576. The van der Waals surface area contributed by atoms with Crippen molar-refractivity contribution in [2.75, 3.05) is 13.2 Å². The summed E-state index contributed by atoms with van der Waals surface area (Å²) < 4.78 is 11.0. The van der Waals surface area contributed by atoms with Crippen LogP contribution in [-0.4, -0.2) is 19.5 Å². The Labute approximate surface area is 67.9 Å². The lowest BCUT2D eigenvalue weighted by Gasteiger charge is -2.26. The molecule has 0 aromatic rings. The first-order valence-electron chi connectivity index (χ1n) is 4.65. The molecule has 2 heteroatoms. The van der Waals surface area contributed by atoms with E-state index in [1.165, 1.54) is 19.3 Å². The first kappa shape index (κ1) is 7.56. The average Bonchev–Trinajstić information content (AvgIpc) is 2.47. The zero-order chi connectivity index (χ0) is 7.68. The molecular weight excluding hydrogens is 140 g/mol. The lowest BCUT2D eigenvalue weighted by atomic mass is 9.87. The molecule has 2 rings (SSSR count). The molecule has 2 saturated heterocycles. The molecule has 3 atom stereocenters. The van der Waals surface area contributed by atoms with Crippen molar-refractivity contribution < 1.29 is 9.47 Å². The van der Waals surface area contributed by atoms with Gasteiger partial charge >= 0.3 is 0 Å². The second-order valence-electron chi connectivity index (χ2n) is 3.55. The van der Waals surface area contributed by atoms with Gasteiger partial charge in [-0.1, -0.05) is 13.3 Å². The molecule has 0 aliphatic carbocycles. The van der Waals surface area contributed by atoms with Gasteiger partial charge in [0.05, 0.1) is 6.61 Å².